The first-order chi connectivity index (χ1) is 6.94. The van der Waals surface area contributed by atoms with Gasteiger partial charge in [-0.3, -0.25) is 4.79 Å². The van der Waals surface area contributed by atoms with Crippen LogP contribution in [0.3, 0.4) is 0 Å². The Kier molecular flexibility index (Phi) is 4.09. The lowest BCUT2D eigenvalue weighted by Crippen LogP contribution is -2.42. The highest BCUT2D eigenvalue weighted by Crippen LogP contribution is 2.33. The summed E-state index contributed by atoms with van der Waals surface area (Å²) < 4.78 is 0. The van der Waals surface area contributed by atoms with E-state index in [9.17, 15) is 4.79 Å². The van der Waals surface area contributed by atoms with Gasteiger partial charge in [-0.15, -0.1) is 0 Å². The van der Waals surface area contributed by atoms with Crippen molar-refractivity contribution in [1.82, 2.24) is 5.32 Å². The fraction of sp³-hybridized carbons (Fsp3) is 0.769. The van der Waals surface area contributed by atoms with Crippen LogP contribution in [0.4, 0.5) is 0 Å². The van der Waals surface area contributed by atoms with Crippen LogP contribution in [-0.2, 0) is 4.79 Å². The van der Waals surface area contributed by atoms with Crippen LogP contribution in [0.25, 0.3) is 0 Å². The van der Waals surface area contributed by atoms with Gasteiger partial charge in [0.1, 0.15) is 0 Å². The van der Waals surface area contributed by atoms with Gasteiger partial charge in [-0.25, -0.2) is 0 Å². The summed E-state index contributed by atoms with van der Waals surface area (Å²) in [5, 5.41) is 3.38. The molecule has 1 atom stereocenters. The Morgan fingerprint density at radius 3 is 2.53 bits per heavy atom. The second kappa shape index (κ2) is 4.93. The number of hydrogen-bond donors (Lipinski definition) is 1. The number of ketones is 1. The minimum Gasteiger partial charge on any atom is -0.316 e. The molecule has 1 fully saturated rings. The van der Waals surface area contributed by atoms with Crippen LogP contribution >= 0.6 is 0 Å². The van der Waals surface area contributed by atoms with E-state index in [4.69, 9.17) is 0 Å². The lowest BCUT2D eigenvalue weighted by molar-refractivity contribution is -0.125. The van der Waals surface area contributed by atoms with Crippen molar-refractivity contribution in [1.29, 1.82) is 0 Å². The molecule has 1 N–H and O–H groups in total. The van der Waals surface area contributed by atoms with Gasteiger partial charge >= 0.3 is 0 Å². The molecule has 0 aromatic carbocycles. The lowest BCUT2D eigenvalue weighted by Gasteiger charge is -2.35. The second-order valence-corrected chi connectivity index (χ2v) is 5.35. The summed E-state index contributed by atoms with van der Waals surface area (Å²) in [7, 11) is 0. The zero-order valence-electron chi connectivity index (χ0n) is 10.4. The normalized spacial score (nSPS) is 22.3. The first-order valence-corrected chi connectivity index (χ1v) is 5.84. The van der Waals surface area contributed by atoms with E-state index in [1.807, 2.05) is 13.8 Å². The molecule has 15 heavy (non-hydrogen) atoms. The molecule has 0 spiro atoms. The topological polar surface area (TPSA) is 29.1 Å². The monoisotopic (exact) mass is 209 g/mol. The SMILES string of the molecule is CC(C)=CC(=O)C(C)(C)C1CCCNC1. The summed E-state index contributed by atoms with van der Waals surface area (Å²) in [4.78, 5) is 12.1. The molecule has 0 aromatic rings. The number of nitrogens with one attached hydrogen (secondary N) is 1. The van der Waals surface area contributed by atoms with Crippen molar-refractivity contribution in [2.45, 2.75) is 40.5 Å². The van der Waals surface area contributed by atoms with Crippen LogP contribution in [0.1, 0.15) is 40.5 Å². The van der Waals surface area contributed by atoms with E-state index in [2.05, 4.69) is 19.2 Å². The highest BCUT2D eigenvalue weighted by molar-refractivity contribution is 5.95. The quantitative estimate of drug-likeness (QED) is 0.724. The molecule has 0 saturated carbocycles. The molecule has 1 aliphatic rings. The molecular weight excluding hydrogens is 186 g/mol. The van der Waals surface area contributed by atoms with Crippen LogP contribution in [0, 0.1) is 11.3 Å². The number of hydrogen-bond acceptors (Lipinski definition) is 2. The maximum absolute atomic E-state index is 12.1. The van der Waals surface area contributed by atoms with Crippen molar-refractivity contribution in [2.75, 3.05) is 13.1 Å². The molecule has 1 rings (SSSR count). The summed E-state index contributed by atoms with van der Waals surface area (Å²) in [6, 6.07) is 0. The van der Waals surface area contributed by atoms with Crippen LogP contribution in [0.2, 0.25) is 0 Å². The van der Waals surface area contributed by atoms with E-state index in [1.165, 1.54) is 12.8 Å². The molecule has 0 radical (unpaired) electrons. The molecular formula is C13H23NO. The number of rotatable bonds is 3. The maximum Gasteiger partial charge on any atom is 0.161 e. The van der Waals surface area contributed by atoms with E-state index in [1.54, 1.807) is 6.08 Å². The Bertz CT molecular complexity index is 256. The minimum absolute atomic E-state index is 0.218. The Morgan fingerprint density at radius 1 is 1.40 bits per heavy atom. The zero-order chi connectivity index (χ0) is 11.5. The Balaban J connectivity index is 2.71. The first-order valence-electron chi connectivity index (χ1n) is 5.84. The summed E-state index contributed by atoms with van der Waals surface area (Å²) in [5.41, 5.74) is 0.877. The third kappa shape index (κ3) is 3.16. The Hall–Kier alpha value is -0.630. The van der Waals surface area contributed by atoms with Gasteiger partial charge in [-0.2, -0.15) is 0 Å². The van der Waals surface area contributed by atoms with Crippen molar-refractivity contribution in [2.24, 2.45) is 11.3 Å². The van der Waals surface area contributed by atoms with Gasteiger partial charge in [0.05, 0.1) is 0 Å². The number of carbonyl (C=O) groups is 1. The zero-order valence-corrected chi connectivity index (χ0v) is 10.4. The van der Waals surface area contributed by atoms with Gasteiger partial charge in [0, 0.05) is 5.41 Å². The van der Waals surface area contributed by atoms with Gasteiger partial charge in [-0.1, -0.05) is 19.4 Å². The first kappa shape index (κ1) is 12.4. The Labute approximate surface area is 93.1 Å². The van der Waals surface area contributed by atoms with Crippen molar-refractivity contribution in [3.8, 4) is 0 Å². The average molecular weight is 209 g/mol. The summed E-state index contributed by atoms with van der Waals surface area (Å²) in [6.07, 6.45) is 4.15. The van der Waals surface area contributed by atoms with E-state index in [-0.39, 0.29) is 11.2 Å². The molecule has 0 amide bonds. The highest BCUT2D eigenvalue weighted by Gasteiger charge is 2.35. The van der Waals surface area contributed by atoms with Gasteiger partial charge in [-0.05, 0) is 51.8 Å². The van der Waals surface area contributed by atoms with Crippen LogP contribution in [0.5, 0.6) is 0 Å². The number of carbonyl (C=O) groups excluding carboxylic acids is 1. The molecule has 0 aliphatic carbocycles. The third-order valence-electron chi connectivity index (χ3n) is 3.37. The van der Waals surface area contributed by atoms with Crippen LogP contribution < -0.4 is 5.32 Å². The summed E-state index contributed by atoms with van der Waals surface area (Å²) in [5.74, 6) is 0.755. The molecule has 0 bridgehead atoms. The second-order valence-electron chi connectivity index (χ2n) is 5.35. The predicted molar refractivity (Wildman–Crippen MR) is 63.8 cm³/mol. The van der Waals surface area contributed by atoms with Crippen LogP contribution in [0.15, 0.2) is 11.6 Å². The highest BCUT2D eigenvalue weighted by atomic mass is 16.1. The molecule has 0 aromatic heterocycles. The smallest absolute Gasteiger partial charge is 0.161 e. The van der Waals surface area contributed by atoms with Crippen molar-refractivity contribution in [3.05, 3.63) is 11.6 Å². The largest absolute Gasteiger partial charge is 0.316 e. The third-order valence-corrected chi connectivity index (χ3v) is 3.37. The standard InChI is InChI=1S/C13H23NO/c1-10(2)8-12(15)13(3,4)11-6-5-7-14-9-11/h8,11,14H,5-7,9H2,1-4H3. The number of allylic oxidation sites excluding steroid dienone is 2. The molecule has 2 nitrogen and oxygen atoms in total. The molecule has 1 saturated heterocycles. The van der Waals surface area contributed by atoms with E-state index in [0.717, 1.165) is 18.7 Å². The van der Waals surface area contributed by atoms with E-state index >= 15 is 0 Å². The van der Waals surface area contributed by atoms with Crippen LogP contribution in [-0.4, -0.2) is 18.9 Å². The summed E-state index contributed by atoms with van der Waals surface area (Å²) >= 11 is 0. The molecule has 2 heteroatoms. The lowest BCUT2D eigenvalue weighted by atomic mass is 9.72. The molecule has 1 aliphatic heterocycles. The number of piperidine rings is 1. The minimum atomic E-state index is -0.218. The van der Waals surface area contributed by atoms with Gasteiger partial charge in [0.25, 0.3) is 0 Å². The van der Waals surface area contributed by atoms with Gasteiger partial charge < -0.3 is 5.32 Å². The molecule has 1 unspecified atom stereocenters. The van der Waals surface area contributed by atoms with Crippen molar-refractivity contribution >= 4 is 5.78 Å². The Morgan fingerprint density at radius 2 is 2.07 bits per heavy atom. The molecule has 86 valence electrons. The molecule has 1 heterocycles. The fourth-order valence-corrected chi connectivity index (χ4v) is 2.12. The maximum atomic E-state index is 12.1. The van der Waals surface area contributed by atoms with E-state index < -0.39 is 0 Å². The summed E-state index contributed by atoms with van der Waals surface area (Å²) in [6.45, 7) is 10.2. The van der Waals surface area contributed by atoms with Gasteiger partial charge in [0.15, 0.2) is 5.78 Å². The van der Waals surface area contributed by atoms with Crippen molar-refractivity contribution < 1.29 is 4.79 Å². The average Bonchev–Trinajstić information content (AvgIpc) is 2.18. The van der Waals surface area contributed by atoms with Crippen molar-refractivity contribution in [3.63, 3.8) is 0 Å². The fourth-order valence-electron chi connectivity index (χ4n) is 2.12. The van der Waals surface area contributed by atoms with Gasteiger partial charge in [0.2, 0.25) is 0 Å². The van der Waals surface area contributed by atoms with E-state index in [0.29, 0.717) is 5.92 Å². The predicted octanol–water partition coefficient (Wildman–Crippen LogP) is 2.55.